The predicted octanol–water partition coefficient (Wildman–Crippen LogP) is 3.44. The van der Waals surface area contributed by atoms with E-state index in [1.54, 1.807) is 19.1 Å². The molecular weight excluding hydrogens is 426 g/mol. The molecular formula is C21H21NO8S. The van der Waals surface area contributed by atoms with Gasteiger partial charge in [0.2, 0.25) is 0 Å². The van der Waals surface area contributed by atoms with Gasteiger partial charge in [0.15, 0.2) is 23.4 Å². The minimum absolute atomic E-state index is 0.00701. The number of hydrogen-bond acceptors (Lipinski definition) is 8. The summed E-state index contributed by atoms with van der Waals surface area (Å²) < 4.78 is 41.3. The van der Waals surface area contributed by atoms with E-state index >= 15 is 0 Å². The largest absolute Gasteiger partial charge is 0.486 e. The Morgan fingerprint density at radius 1 is 1.26 bits per heavy atom. The van der Waals surface area contributed by atoms with Crippen LogP contribution in [-0.4, -0.2) is 38.4 Å². The van der Waals surface area contributed by atoms with Crippen molar-refractivity contribution in [2.45, 2.75) is 31.3 Å². The Labute approximate surface area is 179 Å². The lowest BCUT2D eigenvalue weighted by Gasteiger charge is -2.27. The van der Waals surface area contributed by atoms with E-state index in [0.717, 1.165) is 5.56 Å². The van der Waals surface area contributed by atoms with Crippen LogP contribution in [0.4, 0.5) is 5.69 Å². The second-order valence-corrected chi connectivity index (χ2v) is 8.45. The van der Waals surface area contributed by atoms with Gasteiger partial charge < -0.3 is 9.47 Å². The highest BCUT2D eigenvalue weighted by Gasteiger charge is 2.30. The topological polar surface area (TPSA) is 122 Å². The average molecular weight is 447 g/mol. The molecule has 0 unspecified atom stereocenters. The van der Waals surface area contributed by atoms with E-state index in [0.29, 0.717) is 0 Å². The van der Waals surface area contributed by atoms with E-state index in [4.69, 9.17) is 13.7 Å². The second kappa shape index (κ2) is 9.27. The van der Waals surface area contributed by atoms with Crippen molar-refractivity contribution in [1.82, 2.24) is 0 Å². The SMILES string of the molecule is CCC(=O)C=Cc1c([N+](=O)[O-])ccc2c1O[C@@H](COS(=O)(=O)c1ccc(C)cc1)CO2. The van der Waals surface area contributed by atoms with Crippen molar-refractivity contribution in [3.05, 3.63) is 63.7 Å². The Bertz CT molecular complexity index is 1120. The van der Waals surface area contributed by atoms with Gasteiger partial charge in [0.05, 0.1) is 15.4 Å². The number of ether oxygens (including phenoxy) is 2. The van der Waals surface area contributed by atoms with Crippen LogP contribution >= 0.6 is 0 Å². The Kier molecular flexibility index (Phi) is 6.71. The number of benzene rings is 2. The van der Waals surface area contributed by atoms with Crippen LogP contribution in [0.2, 0.25) is 0 Å². The molecule has 10 heteroatoms. The first kappa shape index (κ1) is 22.4. The standard InChI is InChI=1S/C21H21NO8S/c1-3-15(23)6-9-18-19(22(24)25)10-11-20-21(18)30-16(12-28-20)13-29-31(26,27)17-7-4-14(2)5-8-17/h4-11,16H,3,12-13H2,1-2H3/t16-/m1/s1. The normalized spacial score (nSPS) is 15.7. The lowest BCUT2D eigenvalue weighted by Crippen LogP contribution is -2.34. The molecule has 0 aromatic heterocycles. The molecule has 1 aliphatic rings. The summed E-state index contributed by atoms with van der Waals surface area (Å²) >= 11 is 0. The third kappa shape index (κ3) is 5.28. The molecule has 0 saturated carbocycles. The molecule has 2 aromatic carbocycles. The number of nitro benzene ring substituents is 1. The van der Waals surface area contributed by atoms with Gasteiger partial charge in [-0.3, -0.25) is 19.1 Å². The summed E-state index contributed by atoms with van der Waals surface area (Å²) in [6.07, 6.45) is 1.94. The quantitative estimate of drug-likeness (QED) is 0.261. The van der Waals surface area contributed by atoms with E-state index < -0.39 is 21.1 Å². The summed E-state index contributed by atoms with van der Waals surface area (Å²) in [5.41, 5.74) is 0.704. The van der Waals surface area contributed by atoms with Gasteiger partial charge >= 0.3 is 0 Å². The smallest absolute Gasteiger partial charge is 0.297 e. The fourth-order valence-corrected chi connectivity index (χ4v) is 3.76. The van der Waals surface area contributed by atoms with E-state index in [1.807, 2.05) is 6.92 Å². The zero-order valence-corrected chi connectivity index (χ0v) is 17.8. The number of rotatable bonds is 8. The Balaban J connectivity index is 1.82. The van der Waals surface area contributed by atoms with Gasteiger partial charge in [0.1, 0.15) is 13.2 Å². The van der Waals surface area contributed by atoms with Crippen LogP contribution in [-0.2, 0) is 19.1 Å². The second-order valence-electron chi connectivity index (χ2n) is 6.84. The number of nitro groups is 1. The van der Waals surface area contributed by atoms with Crippen molar-refractivity contribution in [3.63, 3.8) is 0 Å². The first-order valence-electron chi connectivity index (χ1n) is 9.49. The Morgan fingerprint density at radius 3 is 2.61 bits per heavy atom. The molecule has 31 heavy (non-hydrogen) atoms. The molecule has 0 spiro atoms. The monoisotopic (exact) mass is 447 g/mol. The first-order valence-corrected chi connectivity index (χ1v) is 10.9. The minimum Gasteiger partial charge on any atom is -0.486 e. The predicted molar refractivity (Wildman–Crippen MR) is 112 cm³/mol. The number of hydrogen-bond donors (Lipinski definition) is 0. The molecule has 0 saturated heterocycles. The van der Waals surface area contributed by atoms with Gasteiger partial charge in [0.25, 0.3) is 15.8 Å². The van der Waals surface area contributed by atoms with Crippen LogP contribution in [0.1, 0.15) is 24.5 Å². The zero-order chi connectivity index (χ0) is 22.6. The van der Waals surface area contributed by atoms with Crippen LogP contribution in [0.15, 0.2) is 47.4 Å². The minimum atomic E-state index is -4.01. The highest BCUT2D eigenvalue weighted by molar-refractivity contribution is 7.86. The van der Waals surface area contributed by atoms with E-state index in [1.165, 1.54) is 36.4 Å². The summed E-state index contributed by atoms with van der Waals surface area (Å²) in [5.74, 6) is 0.0986. The molecule has 9 nitrogen and oxygen atoms in total. The molecule has 2 aromatic rings. The van der Waals surface area contributed by atoms with Crippen molar-refractivity contribution < 1.29 is 31.8 Å². The van der Waals surface area contributed by atoms with Gasteiger partial charge in [-0.05, 0) is 37.3 Å². The number of fused-ring (bicyclic) bond motifs is 1. The van der Waals surface area contributed by atoms with Gasteiger partial charge in [0, 0.05) is 12.5 Å². The third-order valence-electron chi connectivity index (χ3n) is 4.55. The molecule has 0 fully saturated rings. The number of aryl methyl sites for hydroxylation is 1. The lowest BCUT2D eigenvalue weighted by atomic mass is 10.1. The fourth-order valence-electron chi connectivity index (χ4n) is 2.82. The maximum atomic E-state index is 12.4. The number of carbonyl (C=O) groups is 1. The average Bonchev–Trinajstić information content (AvgIpc) is 2.75. The fraction of sp³-hybridized carbons (Fsp3) is 0.286. The van der Waals surface area contributed by atoms with Crippen LogP contribution in [0.5, 0.6) is 11.5 Å². The lowest BCUT2D eigenvalue weighted by molar-refractivity contribution is -0.385. The van der Waals surface area contributed by atoms with E-state index in [2.05, 4.69) is 0 Å². The van der Waals surface area contributed by atoms with Crippen molar-refractivity contribution in [2.75, 3.05) is 13.2 Å². The van der Waals surface area contributed by atoms with Crippen molar-refractivity contribution in [1.29, 1.82) is 0 Å². The van der Waals surface area contributed by atoms with Crippen LogP contribution in [0.3, 0.4) is 0 Å². The molecule has 0 bridgehead atoms. The molecule has 0 amide bonds. The van der Waals surface area contributed by atoms with E-state index in [-0.39, 0.29) is 53.1 Å². The summed E-state index contributed by atoms with van der Waals surface area (Å²) in [5, 5.41) is 11.4. The molecule has 3 rings (SSSR count). The highest BCUT2D eigenvalue weighted by Crippen LogP contribution is 2.41. The van der Waals surface area contributed by atoms with Gasteiger partial charge in [-0.2, -0.15) is 8.42 Å². The Hall–Kier alpha value is -3.24. The summed E-state index contributed by atoms with van der Waals surface area (Å²) in [6, 6.07) is 8.85. The van der Waals surface area contributed by atoms with Crippen molar-refractivity contribution in [2.24, 2.45) is 0 Å². The number of allylic oxidation sites excluding steroid dienone is 1. The molecule has 0 aliphatic carbocycles. The molecule has 1 aliphatic heterocycles. The van der Waals surface area contributed by atoms with Gasteiger partial charge in [-0.15, -0.1) is 0 Å². The first-order chi connectivity index (χ1) is 14.7. The van der Waals surface area contributed by atoms with Crippen LogP contribution < -0.4 is 9.47 Å². The molecule has 164 valence electrons. The van der Waals surface area contributed by atoms with Crippen LogP contribution in [0, 0.1) is 17.0 Å². The highest BCUT2D eigenvalue weighted by atomic mass is 32.2. The maximum Gasteiger partial charge on any atom is 0.297 e. The number of ketones is 1. The summed E-state index contributed by atoms with van der Waals surface area (Å²) in [4.78, 5) is 22.5. The Morgan fingerprint density at radius 2 is 1.97 bits per heavy atom. The summed E-state index contributed by atoms with van der Waals surface area (Å²) in [6.45, 7) is 3.14. The summed E-state index contributed by atoms with van der Waals surface area (Å²) in [7, 11) is -4.01. The maximum absolute atomic E-state index is 12.4. The van der Waals surface area contributed by atoms with Gasteiger partial charge in [-0.1, -0.05) is 24.6 Å². The van der Waals surface area contributed by atoms with Crippen LogP contribution in [0.25, 0.3) is 6.08 Å². The molecule has 1 heterocycles. The van der Waals surface area contributed by atoms with E-state index in [9.17, 15) is 23.3 Å². The third-order valence-corrected chi connectivity index (χ3v) is 5.84. The zero-order valence-electron chi connectivity index (χ0n) is 16.9. The van der Waals surface area contributed by atoms with Gasteiger partial charge in [-0.25, -0.2) is 0 Å². The molecule has 1 atom stereocenters. The van der Waals surface area contributed by atoms with Crippen molar-refractivity contribution >= 4 is 27.7 Å². The molecule has 0 N–H and O–H groups in total. The van der Waals surface area contributed by atoms with Crippen molar-refractivity contribution in [3.8, 4) is 11.5 Å². The molecule has 0 radical (unpaired) electrons. The number of carbonyl (C=O) groups excluding carboxylic acids is 1. The number of nitrogens with zero attached hydrogens (tertiary/aromatic N) is 1.